The molecule has 2 aliphatic rings. The van der Waals surface area contributed by atoms with E-state index in [4.69, 9.17) is 5.11 Å². The average Bonchev–Trinajstić information content (AvgIpc) is 2.53. The Balaban J connectivity index is 1.91. The number of carboxylic acid groups (broad SMARTS) is 1. The number of hydrogen-bond acceptors (Lipinski definition) is 3. The molecule has 0 bridgehead atoms. The maximum atomic E-state index is 12.1. The summed E-state index contributed by atoms with van der Waals surface area (Å²) >= 11 is 0. The lowest BCUT2D eigenvalue weighted by Gasteiger charge is -2.40. The van der Waals surface area contributed by atoms with E-state index in [0.29, 0.717) is 30.8 Å². The van der Waals surface area contributed by atoms with Crippen molar-refractivity contribution in [1.82, 2.24) is 10.2 Å². The summed E-state index contributed by atoms with van der Waals surface area (Å²) in [4.78, 5) is 24.8. The Kier molecular flexibility index (Phi) is 6.68. The molecule has 1 saturated heterocycles. The van der Waals surface area contributed by atoms with E-state index in [1.54, 1.807) is 0 Å². The second kappa shape index (κ2) is 8.51. The number of nitrogens with zero attached hydrogens (tertiary/aromatic N) is 1. The van der Waals surface area contributed by atoms with E-state index in [1.807, 2.05) is 11.8 Å². The quantitative estimate of drug-likeness (QED) is 0.790. The molecule has 22 heavy (non-hydrogen) atoms. The lowest BCUT2D eigenvalue weighted by molar-refractivity contribution is -0.137. The molecule has 5 nitrogen and oxygen atoms in total. The molecule has 1 saturated carbocycles. The van der Waals surface area contributed by atoms with Crippen LogP contribution in [0.5, 0.6) is 0 Å². The number of amides is 1. The third kappa shape index (κ3) is 5.27. The Bertz CT molecular complexity index is 380. The van der Waals surface area contributed by atoms with Crippen molar-refractivity contribution in [2.45, 2.75) is 76.8 Å². The molecule has 126 valence electrons. The minimum atomic E-state index is -0.740. The van der Waals surface area contributed by atoms with Crippen molar-refractivity contribution in [2.24, 2.45) is 5.92 Å². The molecule has 1 aliphatic heterocycles. The van der Waals surface area contributed by atoms with Crippen LogP contribution in [-0.4, -0.2) is 47.1 Å². The van der Waals surface area contributed by atoms with Crippen LogP contribution in [0.15, 0.2) is 0 Å². The molecule has 0 aromatic carbocycles. The topological polar surface area (TPSA) is 69.6 Å². The highest BCUT2D eigenvalue weighted by Gasteiger charge is 2.30. The predicted molar refractivity (Wildman–Crippen MR) is 85.6 cm³/mol. The SMILES string of the molecule is CCC(=O)N1CC(CCC(=O)O)CC(NC2CCCCC2)C1. The van der Waals surface area contributed by atoms with Crippen molar-refractivity contribution in [3.8, 4) is 0 Å². The molecule has 0 aromatic heterocycles. The standard InChI is InChI=1S/C17H30N2O3/c1-2-16(20)19-11-13(8-9-17(21)22)10-15(12-19)18-14-6-4-3-5-7-14/h13-15,18H,2-12H2,1H3,(H,21,22). The van der Waals surface area contributed by atoms with Crippen LogP contribution in [0.4, 0.5) is 0 Å². The van der Waals surface area contributed by atoms with Crippen LogP contribution in [0, 0.1) is 5.92 Å². The van der Waals surface area contributed by atoms with Gasteiger partial charge in [0.1, 0.15) is 0 Å². The predicted octanol–water partition coefficient (Wildman–Crippen LogP) is 2.40. The Hall–Kier alpha value is -1.10. The molecule has 1 amide bonds. The first-order chi connectivity index (χ1) is 10.6. The van der Waals surface area contributed by atoms with Gasteiger partial charge in [-0.3, -0.25) is 9.59 Å². The fourth-order valence-electron chi connectivity index (χ4n) is 3.89. The Morgan fingerprint density at radius 1 is 1.14 bits per heavy atom. The smallest absolute Gasteiger partial charge is 0.303 e. The summed E-state index contributed by atoms with van der Waals surface area (Å²) in [7, 11) is 0. The van der Waals surface area contributed by atoms with Gasteiger partial charge in [0.15, 0.2) is 0 Å². The van der Waals surface area contributed by atoms with Crippen LogP contribution in [0.3, 0.4) is 0 Å². The maximum absolute atomic E-state index is 12.1. The second-order valence-electron chi connectivity index (χ2n) is 6.88. The zero-order valence-electron chi connectivity index (χ0n) is 13.7. The lowest BCUT2D eigenvalue weighted by atomic mass is 9.88. The highest BCUT2D eigenvalue weighted by atomic mass is 16.4. The molecule has 2 unspecified atom stereocenters. The van der Waals surface area contributed by atoms with Gasteiger partial charge in [-0.05, 0) is 31.6 Å². The molecule has 5 heteroatoms. The van der Waals surface area contributed by atoms with Crippen molar-refractivity contribution in [1.29, 1.82) is 0 Å². The molecular formula is C17H30N2O3. The number of nitrogens with one attached hydrogen (secondary N) is 1. The summed E-state index contributed by atoms with van der Waals surface area (Å²) in [5.41, 5.74) is 0. The monoisotopic (exact) mass is 310 g/mol. The van der Waals surface area contributed by atoms with Gasteiger partial charge in [-0.25, -0.2) is 0 Å². The normalized spacial score (nSPS) is 26.9. The zero-order valence-corrected chi connectivity index (χ0v) is 13.7. The van der Waals surface area contributed by atoms with Crippen LogP contribution in [-0.2, 0) is 9.59 Å². The maximum Gasteiger partial charge on any atom is 0.303 e. The summed E-state index contributed by atoms with van der Waals surface area (Å²) in [6.07, 6.45) is 8.80. The largest absolute Gasteiger partial charge is 0.481 e. The van der Waals surface area contributed by atoms with Gasteiger partial charge in [-0.1, -0.05) is 26.2 Å². The number of rotatable bonds is 6. The Morgan fingerprint density at radius 2 is 1.86 bits per heavy atom. The molecule has 1 heterocycles. The number of piperidine rings is 1. The summed E-state index contributed by atoms with van der Waals surface area (Å²) in [5.74, 6) is -0.243. The molecule has 2 fully saturated rings. The second-order valence-corrected chi connectivity index (χ2v) is 6.88. The Labute approximate surface area is 133 Å². The van der Waals surface area contributed by atoms with Crippen LogP contribution >= 0.6 is 0 Å². The van der Waals surface area contributed by atoms with Gasteiger partial charge in [-0.2, -0.15) is 0 Å². The molecule has 0 spiro atoms. The van der Waals surface area contributed by atoms with Crippen molar-refractivity contribution < 1.29 is 14.7 Å². The fraction of sp³-hybridized carbons (Fsp3) is 0.882. The van der Waals surface area contributed by atoms with Gasteiger partial charge in [-0.15, -0.1) is 0 Å². The van der Waals surface area contributed by atoms with Gasteiger partial charge in [0.2, 0.25) is 5.91 Å². The first-order valence-electron chi connectivity index (χ1n) is 8.84. The van der Waals surface area contributed by atoms with E-state index in [2.05, 4.69) is 5.32 Å². The van der Waals surface area contributed by atoms with Gasteiger partial charge < -0.3 is 15.3 Å². The van der Waals surface area contributed by atoms with Gasteiger partial charge in [0.25, 0.3) is 0 Å². The first-order valence-corrected chi connectivity index (χ1v) is 8.84. The molecule has 2 atom stereocenters. The molecule has 2 rings (SSSR count). The molecule has 2 N–H and O–H groups in total. The molecule has 0 radical (unpaired) electrons. The number of carboxylic acids is 1. The van der Waals surface area contributed by atoms with E-state index in [0.717, 1.165) is 19.5 Å². The third-order valence-corrected chi connectivity index (χ3v) is 5.04. The number of hydrogen-bond donors (Lipinski definition) is 2. The summed E-state index contributed by atoms with van der Waals surface area (Å²) in [6, 6.07) is 0.904. The fourth-order valence-corrected chi connectivity index (χ4v) is 3.89. The number of likely N-dealkylation sites (tertiary alicyclic amines) is 1. The van der Waals surface area contributed by atoms with Crippen LogP contribution in [0.1, 0.15) is 64.7 Å². The van der Waals surface area contributed by atoms with Crippen LogP contribution < -0.4 is 5.32 Å². The first kappa shape index (κ1) is 17.3. The summed E-state index contributed by atoms with van der Waals surface area (Å²) in [6.45, 7) is 3.41. The van der Waals surface area contributed by atoms with Crippen LogP contribution in [0.25, 0.3) is 0 Å². The van der Waals surface area contributed by atoms with Gasteiger partial charge in [0, 0.05) is 38.0 Å². The minimum absolute atomic E-state index is 0.190. The molecule has 1 aliphatic carbocycles. The summed E-state index contributed by atoms with van der Waals surface area (Å²) < 4.78 is 0. The van der Waals surface area contributed by atoms with E-state index in [9.17, 15) is 9.59 Å². The van der Waals surface area contributed by atoms with Crippen molar-refractivity contribution >= 4 is 11.9 Å². The average molecular weight is 310 g/mol. The van der Waals surface area contributed by atoms with E-state index in [1.165, 1.54) is 32.1 Å². The van der Waals surface area contributed by atoms with Gasteiger partial charge in [0.05, 0.1) is 0 Å². The third-order valence-electron chi connectivity index (χ3n) is 5.04. The van der Waals surface area contributed by atoms with Crippen molar-refractivity contribution in [3.63, 3.8) is 0 Å². The molecule has 0 aromatic rings. The van der Waals surface area contributed by atoms with Crippen molar-refractivity contribution in [2.75, 3.05) is 13.1 Å². The van der Waals surface area contributed by atoms with E-state index < -0.39 is 5.97 Å². The number of carbonyl (C=O) groups is 2. The molecular weight excluding hydrogens is 280 g/mol. The van der Waals surface area contributed by atoms with Gasteiger partial charge >= 0.3 is 5.97 Å². The Morgan fingerprint density at radius 3 is 2.50 bits per heavy atom. The minimum Gasteiger partial charge on any atom is -0.481 e. The highest BCUT2D eigenvalue weighted by Crippen LogP contribution is 2.25. The zero-order chi connectivity index (χ0) is 15.9. The summed E-state index contributed by atoms with van der Waals surface area (Å²) in [5, 5.41) is 12.6. The number of carbonyl (C=O) groups excluding carboxylic acids is 1. The number of aliphatic carboxylic acids is 1. The van der Waals surface area contributed by atoms with Crippen molar-refractivity contribution in [3.05, 3.63) is 0 Å². The van der Waals surface area contributed by atoms with E-state index in [-0.39, 0.29) is 12.3 Å². The van der Waals surface area contributed by atoms with E-state index >= 15 is 0 Å². The lowest BCUT2D eigenvalue weighted by Crippen LogP contribution is -2.53. The van der Waals surface area contributed by atoms with Crippen LogP contribution in [0.2, 0.25) is 0 Å². The highest BCUT2D eigenvalue weighted by molar-refractivity contribution is 5.76.